The van der Waals surface area contributed by atoms with Gasteiger partial charge in [0.05, 0.1) is 5.92 Å². The molecule has 0 aromatic rings. The lowest BCUT2D eigenvalue weighted by atomic mass is 9.46. The maximum Gasteiger partial charge on any atom is 0.339 e. The van der Waals surface area contributed by atoms with E-state index in [4.69, 9.17) is 14.7 Å². The summed E-state index contributed by atoms with van der Waals surface area (Å²) in [6, 6.07) is 1.71. The summed E-state index contributed by atoms with van der Waals surface area (Å²) >= 11 is 0. The van der Waals surface area contributed by atoms with Crippen molar-refractivity contribution in [1.82, 2.24) is 0 Å². The highest BCUT2D eigenvalue weighted by Crippen LogP contribution is 2.68. The van der Waals surface area contributed by atoms with Crippen LogP contribution in [0, 0.1) is 45.8 Å². The first kappa shape index (κ1) is 27.9. The van der Waals surface area contributed by atoms with Gasteiger partial charge in [-0.3, -0.25) is 9.59 Å². The molecule has 10 atom stereocenters. The highest BCUT2D eigenvalue weighted by atomic mass is 19.1. The normalized spacial score (nSPS) is 45.3. The number of nitrogens with zero attached hydrogens (tertiary/aromatic N) is 1. The zero-order valence-electron chi connectivity index (χ0n) is 22.8. The summed E-state index contributed by atoms with van der Waals surface area (Å²) in [5.41, 5.74) is -5.08. The molecule has 5 aliphatic carbocycles. The molecule has 0 heterocycles. The molecule has 0 amide bonds. The summed E-state index contributed by atoms with van der Waals surface area (Å²) in [5.74, 6) is -4.03. The van der Waals surface area contributed by atoms with Crippen LogP contribution in [0.4, 0.5) is 8.78 Å². The highest BCUT2D eigenvalue weighted by Gasteiger charge is 2.69. The number of alkyl halides is 2. The number of carbonyl (C=O) groups is 3. The number of hydrogen-bond donors (Lipinski definition) is 1. The van der Waals surface area contributed by atoms with Crippen LogP contribution in [0.3, 0.4) is 0 Å². The van der Waals surface area contributed by atoms with Crippen molar-refractivity contribution in [2.45, 2.75) is 95.7 Å². The largest absolute Gasteiger partial charge is 0.462 e. The third-order valence-electron chi connectivity index (χ3n) is 11.1. The maximum absolute atomic E-state index is 17.0. The summed E-state index contributed by atoms with van der Waals surface area (Å²) < 4.78 is 43.5. The standard InChI is InChI=1S/C30H37F2NO6/c1-17(19-5-4-9-29(19,37)26(36)38-14-13-33)25(35)39-24-7-6-20-21-16-23(31)22-15-18(34)8-10-28(22,3)30(21,32)12-11-27(20,24)2/h8,10,15,17,19-21,23-24,37H,4-7,9,11-12,14,16H2,1-3H3/t17?,19?,20-,21-,23-,24+,27-,28-,29?,30?/m0/s1. The molecular weight excluding hydrogens is 508 g/mol. The minimum absolute atomic E-state index is 0.00369. The van der Waals surface area contributed by atoms with Gasteiger partial charge < -0.3 is 14.6 Å². The van der Waals surface area contributed by atoms with Crippen molar-refractivity contribution in [2.24, 2.45) is 34.5 Å². The molecule has 5 rings (SSSR count). The van der Waals surface area contributed by atoms with E-state index >= 15 is 8.78 Å². The molecule has 1 N–H and O–H groups in total. The topological polar surface area (TPSA) is 114 Å². The van der Waals surface area contributed by atoms with Gasteiger partial charge in [-0.1, -0.05) is 19.9 Å². The molecule has 0 spiro atoms. The van der Waals surface area contributed by atoms with Crippen molar-refractivity contribution in [1.29, 1.82) is 5.26 Å². The van der Waals surface area contributed by atoms with Gasteiger partial charge in [0.25, 0.3) is 0 Å². The Labute approximate surface area is 227 Å². The van der Waals surface area contributed by atoms with Crippen LogP contribution >= 0.6 is 0 Å². The van der Waals surface area contributed by atoms with Crippen molar-refractivity contribution in [3.8, 4) is 6.07 Å². The molecule has 5 aliphatic rings. The lowest BCUT2D eigenvalue weighted by Gasteiger charge is -2.60. The number of rotatable bonds is 5. The average Bonchev–Trinajstić information content (AvgIpc) is 3.45. The van der Waals surface area contributed by atoms with E-state index in [2.05, 4.69) is 0 Å². The molecule has 4 saturated carbocycles. The summed E-state index contributed by atoms with van der Waals surface area (Å²) in [7, 11) is 0. The lowest BCUT2D eigenvalue weighted by molar-refractivity contribution is -0.181. The molecule has 4 fully saturated rings. The predicted molar refractivity (Wildman–Crippen MR) is 135 cm³/mol. The number of nitriles is 1. The molecule has 7 nitrogen and oxygen atoms in total. The molecule has 0 aliphatic heterocycles. The van der Waals surface area contributed by atoms with Crippen LogP contribution in [0.25, 0.3) is 0 Å². The smallest absolute Gasteiger partial charge is 0.339 e. The van der Waals surface area contributed by atoms with E-state index in [9.17, 15) is 19.5 Å². The fourth-order valence-corrected chi connectivity index (χ4v) is 8.79. The van der Waals surface area contributed by atoms with Gasteiger partial charge in [0.2, 0.25) is 0 Å². The number of allylic oxidation sites excluding steroid dienone is 4. The highest BCUT2D eigenvalue weighted by molar-refractivity contribution is 6.01. The van der Waals surface area contributed by atoms with E-state index in [1.807, 2.05) is 6.92 Å². The van der Waals surface area contributed by atoms with Gasteiger partial charge in [0.15, 0.2) is 18.0 Å². The van der Waals surface area contributed by atoms with E-state index in [1.165, 1.54) is 12.2 Å². The Kier molecular flexibility index (Phi) is 6.81. The van der Waals surface area contributed by atoms with Crippen LogP contribution in [-0.2, 0) is 23.9 Å². The molecular formula is C30H37F2NO6. The van der Waals surface area contributed by atoms with Gasteiger partial charge in [0.1, 0.15) is 24.0 Å². The van der Waals surface area contributed by atoms with Gasteiger partial charge in [-0.2, -0.15) is 5.26 Å². The molecule has 0 radical (unpaired) electrons. The van der Waals surface area contributed by atoms with Crippen molar-refractivity contribution < 1.29 is 37.7 Å². The van der Waals surface area contributed by atoms with Gasteiger partial charge in [-0.25, -0.2) is 13.6 Å². The van der Waals surface area contributed by atoms with Crippen LogP contribution in [0.15, 0.2) is 23.8 Å². The SMILES string of the molecule is CC(C(=O)O[C@@H]1CC[C@H]2[C@@H]3C[C@H](F)C4=CC(=O)C=C[C@]4(C)C3(F)CC[C@]12C)C1CCCC1(O)C(=O)OCC#N. The number of hydrogen-bond acceptors (Lipinski definition) is 7. The third kappa shape index (κ3) is 4.00. The van der Waals surface area contributed by atoms with Crippen LogP contribution in [-0.4, -0.2) is 53.0 Å². The van der Waals surface area contributed by atoms with Crippen LogP contribution in [0.1, 0.15) is 72.1 Å². The fourth-order valence-electron chi connectivity index (χ4n) is 8.79. The quantitative estimate of drug-likeness (QED) is 0.507. The number of carbonyl (C=O) groups excluding carboxylic acids is 3. The summed E-state index contributed by atoms with van der Waals surface area (Å²) in [5, 5.41) is 19.8. The van der Waals surface area contributed by atoms with E-state index in [-0.39, 0.29) is 36.5 Å². The number of ether oxygens (including phenoxy) is 2. The minimum Gasteiger partial charge on any atom is -0.462 e. The number of ketones is 1. The molecule has 212 valence electrons. The molecule has 0 bridgehead atoms. The van der Waals surface area contributed by atoms with E-state index in [1.54, 1.807) is 26.0 Å². The second-order valence-corrected chi connectivity index (χ2v) is 12.8. The predicted octanol–water partition coefficient (Wildman–Crippen LogP) is 4.48. The van der Waals surface area contributed by atoms with E-state index in [0.29, 0.717) is 32.1 Å². The molecule has 39 heavy (non-hydrogen) atoms. The fraction of sp³-hybridized carbons (Fsp3) is 0.733. The van der Waals surface area contributed by atoms with Gasteiger partial charge in [0, 0.05) is 22.7 Å². The number of halogens is 2. The Morgan fingerprint density at radius 2 is 1.95 bits per heavy atom. The molecule has 0 saturated heterocycles. The van der Waals surface area contributed by atoms with Crippen LogP contribution < -0.4 is 0 Å². The average molecular weight is 546 g/mol. The van der Waals surface area contributed by atoms with Gasteiger partial charge in [-0.15, -0.1) is 0 Å². The van der Waals surface area contributed by atoms with E-state index < -0.39 is 70.7 Å². The Morgan fingerprint density at radius 3 is 2.67 bits per heavy atom. The first-order valence-corrected chi connectivity index (χ1v) is 14.1. The first-order chi connectivity index (χ1) is 18.3. The number of aliphatic hydroxyl groups is 1. The van der Waals surface area contributed by atoms with Crippen molar-refractivity contribution in [2.75, 3.05) is 6.61 Å². The second-order valence-electron chi connectivity index (χ2n) is 12.8. The van der Waals surface area contributed by atoms with Crippen LogP contribution in [0.2, 0.25) is 0 Å². The minimum atomic E-state index is -1.86. The maximum atomic E-state index is 17.0. The number of esters is 2. The van der Waals surface area contributed by atoms with Crippen LogP contribution in [0.5, 0.6) is 0 Å². The lowest BCUT2D eigenvalue weighted by Crippen LogP contribution is -2.62. The van der Waals surface area contributed by atoms with Crippen molar-refractivity contribution in [3.05, 3.63) is 23.8 Å². The van der Waals surface area contributed by atoms with Gasteiger partial charge >= 0.3 is 11.9 Å². The Morgan fingerprint density at radius 1 is 1.21 bits per heavy atom. The molecule has 4 unspecified atom stereocenters. The molecule has 0 aromatic carbocycles. The Hall–Kier alpha value is -2.60. The van der Waals surface area contributed by atoms with Crippen molar-refractivity contribution >= 4 is 17.7 Å². The molecule has 0 aromatic heterocycles. The summed E-state index contributed by atoms with van der Waals surface area (Å²) in [6.45, 7) is 4.85. The monoisotopic (exact) mass is 545 g/mol. The number of fused-ring (bicyclic) bond motifs is 5. The van der Waals surface area contributed by atoms with Gasteiger partial charge in [-0.05, 0) is 81.9 Å². The summed E-state index contributed by atoms with van der Waals surface area (Å²) in [6.07, 6.45) is 5.09. The van der Waals surface area contributed by atoms with E-state index in [0.717, 1.165) is 0 Å². The first-order valence-electron chi connectivity index (χ1n) is 14.1. The second kappa shape index (κ2) is 9.50. The summed E-state index contributed by atoms with van der Waals surface area (Å²) in [4.78, 5) is 37.9. The van der Waals surface area contributed by atoms with Crippen molar-refractivity contribution in [3.63, 3.8) is 0 Å². The zero-order chi connectivity index (χ0) is 28.4. The Bertz CT molecular complexity index is 1180. The zero-order valence-corrected chi connectivity index (χ0v) is 22.8. The Balaban J connectivity index is 1.33. The molecule has 9 heteroatoms. The third-order valence-corrected chi connectivity index (χ3v) is 11.1.